The van der Waals surface area contributed by atoms with E-state index in [0.29, 0.717) is 55.7 Å². The summed E-state index contributed by atoms with van der Waals surface area (Å²) >= 11 is 11.9. The highest BCUT2D eigenvalue weighted by atomic mass is 35.5. The molecule has 0 saturated carbocycles. The summed E-state index contributed by atoms with van der Waals surface area (Å²) in [6.07, 6.45) is 2.60. The zero-order chi connectivity index (χ0) is 24.0. The summed E-state index contributed by atoms with van der Waals surface area (Å²) in [5, 5.41) is 30.7. The predicted octanol–water partition coefficient (Wildman–Crippen LogP) is 1.10. The van der Waals surface area contributed by atoms with Crippen LogP contribution >= 0.6 is 23.2 Å². The molecule has 0 spiro atoms. The van der Waals surface area contributed by atoms with E-state index in [0.717, 1.165) is 5.56 Å². The topological polar surface area (TPSA) is 105 Å². The Labute approximate surface area is 204 Å². The molecule has 1 aromatic rings. The maximum Gasteiger partial charge on any atom is 0.246 e. The van der Waals surface area contributed by atoms with Gasteiger partial charge in [-0.25, -0.2) is 0 Å². The van der Waals surface area contributed by atoms with E-state index >= 15 is 0 Å². The van der Waals surface area contributed by atoms with Crippen LogP contribution < -0.4 is 0 Å². The molecule has 2 aliphatic heterocycles. The molecule has 0 aliphatic carbocycles. The van der Waals surface area contributed by atoms with Gasteiger partial charge in [0.15, 0.2) is 0 Å². The van der Waals surface area contributed by atoms with Crippen LogP contribution in [0.25, 0.3) is 6.08 Å². The van der Waals surface area contributed by atoms with Gasteiger partial charge in [-0.05, 0) is 36.7 Å². The molecule has 33 heavy (non-hydrogen) atoms. The van der Waals surface area contributed by atoms with Crippen molar-refractivity contribution in [3.05, 3.63) is 39.9 Å². The number of likely N-dealkylation sites (tertiary alicyclic amines) is 1. The van der Waals surface area contributed by atoms with Crippen LogP contribution in [0, 0.1) is 5.92 Å². The molecule has 0 aromatic heterocycles. The van der Waals surface area contributed by atoms with Gasteiger partial charge in [0.2, 0.25) is 11.8 Å². The summed E-state index contributed by atoms with van der Waals surface area (Å²) in [6, 6.07) is 5.10. The van der Waals surface area contributed by atoms with Crippen molar-refractivity contribution in [3.8, 4) is 0 Å². The molecule has 3 atom stereocenters. The van der Waals surface area contributed by atoms with Gasteiger partial charge in [0, 0.05) is 64.3 Å². The van der Waals surface area contributed by atoms with Crippen LogP contribution in [0.15, 0.2) is 24.3 Å². The van der Waals surface area contributed by atoms with Crippen LogP contribution in [0.3, 0.4) is 0 Å². The molecule has 10 heteroatoms. The molecule has 2 saturated heterocycles. The minimum atomic E-state index is -0.761. The molecule has 0 bridgehead atoms. The number of piperidine rings is 1. The normalized spacial score (nSPS) is 23.7. The van der Waals surface area contributed by atoms with E-state index < -0.39 is 12.2 Å². The van der Waals surface area contributed by atoms with Crippen molar-refractivity contribution < 1.29 is 24.9 Å². The Hall–Kier alpha value is -1.68. The Morgan fingerprint density at radius 2 is 1.94 bits per heavy atom. The van der Waals surface area contributed by atoms with Gasteiger partial charge in [0.1, 0.15) is 0 Å². The maximum atomic E-state index is 12.6. The second kappa shape index (κ2) is 12.1. The van der Waals surface area contributed by atoms with Crippen molar-refractivity contribution in [1.29, 1.82) is 0 Å². The summed E-state index contributed by atoms with van der Waals surface area (Å²) in [6.45, 7) is 2.59. The Morgan fingerprint density at radius 3 is 2.64 bits per heavy atom. The number of nitrogens with zero attached hydrogens (tertiary/aromatic N) is 3. The summed E-state index contributed by atoms with van der Waals surface area (Å²) < 4.78 is 0. The summed E-state index contributed by atoms with van der Waals surface area (Å²) in [5.41, 5.74) is 0.751. The molecule has 2 amide bonds. The largest absolute Gasteiger partial charge is 0.396 e. The van der Waals surface area contributed by atoms with Crippen LogP contribution in [-0.4, -0.2) is 106 Å². The summed E-state index contributed by atoms with van der Waals surface area (Å²) in [4.78, 5) is 30.3. The smallest absolute Gasteiger partial charge is 0.246 e. The molecular formula is C23H31Cl2N3O5. The standard InChI is InChI=1S/C23H31Cl2N3O5/c24-19-3-1-16(11-20(19)25)2-4-22(32)27-8-6-23(33)28(10-9-27)13-18(30)12-26-7-5-17(15-29)21(31)14-26/h1-4,11,17-18,21,29-31H,5-10,12-15H2/t17-,18-,21-/m0/s1. The fourth-order valence-electron chi connectivity index (χ4n) is 4.20. The van der Waals surface area contributed by atoms with E-state index in [4.69, 9.17) is 23.2 Å². The Morgan fingerprint density at radius 1 is 1.15 bits per heavy atom. The average Bonchev–Trinajstić information content (AvgIpc) is 2.96. The highest BCUT2D eigenvalue weighted by Crippen LogP contribution is 2.23. The lowest BCUT2D eigenvalue weighted by Gasteiger charge is -2.36. The zero-order valence-electron chi connectivity index (χ0n) is 18.4. The monoisotopic (exact) mass is 499 g/mol. The molecule has 2 fully saturated rings. The van der Waals surface area contributed by atoms with Gasteiger partial charge >= 0.3 is 0 Å². The number of halogens is 2. The lowest BCUT2D eigenvalue weighted by molar-refractivity contribution is -0.132. The van der Waals surface area contributed by atoms with Crippen molar-refractivity contribution in [3.63, 3.8) is 0 Å². The van der Waals surface area contributed by atoms with Crippen molar-refractivity contribution in [1.82, 2.24) is 14.7 Å². The fraction of sp³-hybridized carbons (Fsp3) is 0.565. The second-order valence-corrected chi connectivity index (χ2v) is 9.45. The minimum Gasteiger partial charge on any atom is -0.396 e. The Bertz CT molecular complexity index is 868. The highest BCUT2D eigenvalue weighted by molar-refractivity contribution is 6.42. The molecule has 2 aliphatic rings. The van der Waals surface area contributed by atoms with E-state index in [-0.39, 0.29) is 37.3 Å². The molecule has 1 aromatic carbocycles. The van der Waals surface area contributed by atoms with Crippen molar-refractivity contribution >= 4 is 41.1 Å². The van der Waals surface area contributed by atoms with Gasteiger partial charge in [-0.2, -0.15) is 0 Å². The molecule has 8 nitrogen and oxygen atoms in total. The molecule has 0 radical (unpaired) electrons. The average molecular weight is 500 g/mol. The van der Waals surface area contributed by atoms with Crippen LogP contribution in [0.5, 0.6) is 0 Å². The van der Waals surface area contributed by atoms with Gasteiger partial charge in [-0.1, -0.05) is 29.3 Å². The number of aliphatic hydroxyl groups is 3. The van der Waals surface area contributed by atoms with E-state index in [1.807, 2.05) is 4.90 Å². The maximum absolute atomic E-state index is 12.6. The van der Waals surface area contributed by atoms with Gasteiger partial charge in [-0.3, -0.25) is 14.5 Å². The Balaban J connectivity index is 1.49. The first-order valence-electron chi connectivity index (χ1n) is 11.2. The highest BCUT2D eigenvalue weighted by Gasteiger charge is 2.29. The van der Waals surface area contributed by atoms with E-state index in [1.54, 1.807) is 34.1 Å². The molecular weight excluding hydrogens is 469 g/mol. The van der Waals surface area contributed by atoms with Gasteiger partial charge in [0.05, 0.1) is 22.3 Å². The number of carbonyl (C=O) groups excluding carboxylic acids is 2. The SMILES string of the molecule is O=C(C=Cc1ccc(Cl)c(Cl)c1)N1CCC(=O)N(C[C@@H](O)CN2CC[C@@H](CO)[C@@H](O)C2)CC1. The molecule has 2 heterocycles. The molecule has 182 valence electrons. The quantitative estimate of drug-likeness (QED) is 0.485. The number of aliphatic hydroxyl groups excluding tert-OH is 3. The lowest BCUT2D eigenvalue weighted by Crippen LogP contribution is -2.49. The third kappa shape index (κ3) is 7.40. The number of hydrogen-bond donors (Lipinski definition) is 3. The van der Waals surface area contributed by atoms with E-state index in [9.17, 15) is 24.9 Å². The third-order valence-corrected chi connectivity index (χ3v) is 6.94. The lowest BCUT2D eigenvalue weighted by atomic mass is 9.94. The minimum absolute atomic E-state index is 0.0440. The number of hydrogen-bond acceptors (Lipinski definition) is 6. The summed E-state index contributed by atoms with van der Waals surface area (Å²) in [7, 11) is 0. The molecule has 3 rings (SSSR count). The van der Waals surface area contributed by atoms with Crippen molar-refractivity contribution in [2.75, 3.05) is 52.4 Å². The number of β-amino-alcohol motifs (C(OH)–C–C–N with tert-alkyl or cyclic N) is 2. The molecule has 3 N–H and O–H groups in total. The fourth-order valence-corrected chi connectivity index (χ4v) is 4.51. The van der Waals surface area contributed by atoms with Crippen LogP contribution in [0.4, 0.5) is 0 Å². The predicted molar refractivity (Wildman–Crippen MR) is 127 cm³/mol. The molecule has 0 unspecified atom stereocenters. The van der Waals surface area contributed by atoms with E-state index in [2.05, 4.69) is 0 Å². The number of rotatable bonds is 7. The zero-order valence-corrected chi connectivity index (χ0v) is 20.0. The Kier molecular flexibility index (Phi) is 9.55. The number of benzene rings is 1. The first kappa shape index (κ1) is 25.9. The van der Waals surface area contributed by atoms with Gasteiger partial charge < -0.3 is 25.1 Å². The van der Waals surface area contributed by atoms with Crippen LogP contribution in [0.2, 0.25) is 10.0 Å². The van der Waals surface area contributed by atoms with Crippen molar-refractivity contribution in [2.24, 2.45) is 5.92 Å². The van der Waals surface area contributed by atoms with E-state index in [1.165, 1.54) is 6.08 Å². The third-order valence-electron chi connectivity index (χ3n) is 6.20. The first-order valence-corrected chi connectivity index (χ1v) is 11.9. The van der Waals surface area contributed by atoms with Gasteiger partial charge in [0.25, 0.3) is 0 Å². The van der Waals surface area contributed by atoms with Crippen LogP contribution in [0.1, 0.15) is 18.4 Å². The first-order chi connectivity index (χ1) is 15.8. The summed E-state index contributed by atoms with van der Waals surface area (Å²) in [5.74, 6) is -0.423. The second-order valence-electron chi connectivity index (χ2n) is 8.63. The van der Waals surface area contributed by atoms with Crippen molar-refractivity contribution in [2.45, 2.75) is 25.0 Å². The number of amides is 2. The van der Waals surface area contributed by atoms with Crippen LogP contribution in [-0.2, 0) is 9.59 Å². The number of carbonyl (C=O) groups is 2. The van der Waals surface area contributed by atoms with Gasteiger partial charge in [-0.15, -0.1) is 0 Å².